The number of aromatic nitrogens is 2. The van der Waals surface area contributed by atoms with Crippen molar-refractivity contribution in [1.82, 2.24) is 9.78 Å². The highest BCUT2D eigenvalue weighted by Crippen LogP contribution is 2.29. The van der Waals surface area contributed by atoms with Crippen LogP contribution in [0.4, 0.5) is 13.2 Å². The van der Waals surface area contributed by atoms with E-state index in [2.05, 4.69) is 37.0 Å². The number of halogens is 5. The fourth-order valence-corrected chi connectivity index (χ4v) is 2.14. The first-order valence-electron chi connectivity index (χ1n) is 5.36. The van der Waals surface area contributed by atoms with Gasteiger partial charge in [-0.25, -0.2) is 4.68 Å². The Kier molecular flexibility index (Phi) is 4.33. The van der Waals surface area contributed by atoms with E-state index < -0.39 is 17.3 Å². The molecule has 1 aromatic heterocycles. The Morgan fingerprint density at radius 3 is 2.60 bits per heavy atom. The molecule has 20 heavy (non-hydrogen) atoms. The standard InChI is InChI=1S/C12H7Br2F3N2O/c13-9-5-18-19(11(20)10(9)14)6-7-2-1-3-8(4-7)12(15,16)17/h1-5H,6H2. The van der Waals surface area contributed by atoms with Crippen molar-refractivity contribution in [2.75, 3.05) is 0 Å². The van der Waals surface area contributed by atoms with E-state index in [1.54, 1.807) is 0 Å². The second kappa shape index (κ2) is 5.69. The molecule has 0 radical (unpaired) electrons. The van der Waals surface area contributed by atoms with Crippen LogP contribution in [0.15, 0.2) is 44.2 Å². The molecule has 1 aromatic carbocycles. The van der Waals surface area contributed by atoms with E-state index in [1.165, 1.54) is 18.3 Å². The van der Waals surface area contributed by atoms with Crippen molar-refractivity contribution in [2.45, 2.75) is 12.7 Å². The van der Waals surface area contributed by atoms with Crippen LogP contribution < -0.4 is 5.56 Å². The summed E-state index contributed by atoms with van der Waals surface area (Å²) in [6.45, 7) is -0.0331. The number of hydrogen-bond donors (Lipinski definition) is 0. The minimum absolute atomic E-state index is 0.0331. The van der Waals surface area contributed by atoms with Crippen molar-refractivity contribution in [2.24, 2.45) is 0 Å². The van der Waals surface area contributed by atoms with Gasteiger partial charge < -0.3 is 0 Å². The zero-order valence-electron chi connectivity index (χ0n) is 9.79. The third-order valence-corrected chi connectivity index (χ3v) is 4.43. The van der Waals surface area contributed by atoms with Gasteiger partial charge in [0.25, 0.3) is 5.56 Å². The predicted molar refractivity (Wildman–Crippen MR) is 74.4 cm³/mol. The monoisotopic (exact) mass is 410 g/mol. The van der Waals surface area contributed by atoms with Crippen LogP contribution in [0.25, 0.3) is 0 Å². The lowest BCUT2D eigenvalue weighted by Gasteiger charge is -2.10. The summed E-state index contributed by atoms with van der Waals surface area (Å²) in [6.07, 6.45) is -3.01. The maximum absolute atomic E-state index is 12.6. The molecule has 106 valence electrons. The Bertz CT molecular complexity index is 698. The summed E-state index contributed by atoms with van der Waals surface area (Å²) < 4.78 is 39.7. The zero-order chi connectivity index (χ0) is 14.9. The number of nitrogens with zero attached hydrogens (tertiary/aromatic N) is 2. The Balaban J connectivity index is 2.36. The van der Waals surface area contributed by atoms with Gasteiger partial charge in [-0.2, -0.15) is 18.3 Å². The van der Waals surface area contributed by atoms with Crippen LogP contribution in [0.2, 0.25) is 0 Å². The molecule has 0 aliphatic rings. The molecular formula is C12H7Br2F3N2O. The third-order valence-electron chi connectivity index (χ3n) is 2.53. The Labute approximate surface area is 128 Å². The summed E-state index contributed by atoms with van der Waals surface area (Å²) >= 11 is 6.22. The molecule has 0 saturated carbocycles. The molecule has 0 aliphatic carbocycles. The van der Waals surface area contributed by atoms with Crippen LogP contribution in [0.1, 0.15) is 11.1 Å². The molecule has 8 heteroatoms. The van der Waals surface area contributed by atoms with Gasteiger partial charge in [0.1, 0.15) is 4.47 Å². The topological polar surface area (TPSA) is 34.9 Å². The summed E-state index contributed by atoms with van der Waals surface area (Å²) in [4.78, 5) is 11.9. The third kappa shape index (κ3) is 3.29. The Hall–Kier alpha value is -1.15. The van der Waals surface area contributed by atoms with Gasteiger partial charge >= 0.3 is 6.18 Å². The maximum Gasteiger partial charge on any atom is 0.416 e. The van der Waals surface area contributed by atoms with Crippen molar-refractivity contribution in [1.29, 1.82) is 0 Å². The average molecular weight is 412 g/mol. The summed E-state index contributed by atoms with van der Waals surface area (Å²) in [5, 5.41) is 3.87. The second-order valence-corrected chi connectivity index (χ2v) is 5.61. The van der Waals surface area contributed by atoms with Gasteiger partial charge in [-0.3, -0.25) is 4.79 Å². The van der Waals surface area contributed by atoms with E-state index in [0.717, 1.165) is 16.8 Å². The fraction of sp³-hybridized carbons (Fsp3) is 0.167. The molecule has 0 aliphatic heterocycles. The van der Waals surface area contributed by atoms with Crippen LogP contribution >= 0.6 is 31.9 Å². The summed E-state index contributed by atoms with van der Waals surface area (Å²) in [6, 6.07) is 4.80. The average Bonchev–Trinajstić information content (AvgIpc) is 2.39. The molecule has 2 rings (SSSR count). The van der Waals surface area contributed by atoms with Crippen LogP contribution in [0.5, 0.6) is 0 Å². The summed E-state index contributed by atoms with van der Waals surface area (Å²) in [5.74, 6) is 0. The van der Waals surface area contributed by atoms with E-state index in [-0.39, 0.29) is 11.0 Å². The van der Waals surface area contributed by atoms with E-state index in [4.69, 9.17) is 0 Å². The minimum atomic E-state index is -4.41. The van der Waals surface area contributed by atoms with Crippen LogP contribution in [0.3, 0.4) is 0 Å². The molecule has 0 atom stereocenters. The molecule has 0 unspecified atom stereocenters. The molecule has 3 nitrogen and oxygen atoms in total. The van der Waals surface area contributed by atoms with Crippen molar-refractivity contribution < 1.29 is 13.2 Å². The normalized spacial score (nSPS) is 11.7. The van der Waals surface area contributed by atoms with Gasteiger partial charge in [-0.05, 0) is 49.6 Å². The number of alkyl halides is 3. The second-order valence-electron chi connectivity index (χ2n) is 3.97. The molecule has 0 fully saturated rings. The van der Waals surface area contributed by atoms with Crippen molar-refractivity contribution in [3.05, 3.63) is 60.9 Å². The summed E-state index contributed by atoms with van der Waals surface area (Å²) in [5.41, 5.74) is -0.820. The molecule has 0 bridgehead atoms. The summed E-state index contributed by atoms with van der Waals surface area (Å²) in [7, 11) is 0. The SMILES string of the molecule is O=c1c(Br)c(Br)cnn1Cc1cccc(C(F)(F)F)c1. The fourth-order valence-electron chi connectivity index (χ4n) is 1.58. The molecular weight excluding hydrogens is 405 g/mol. The smallest absolute Gasteiger partial charge is 0.266 e. The van der Waals surface area contributed by atoms with E-state index >= 15 is 0 Å². The minimum Gasteiger partial charge on any atom is -0.266 e. The molecule has 0 spiro atoms. The predicted octanol–water partition coefficient (Wildman–Crippen LogP) is 3.84. The van der Waals surface area contributed by atoms with Crippen LogP contribution in [0, 0.1) is 0 Å². The lowest BCUT2D eigenvalue weighted by Crippen LogP contribution is -2.24. The molecule has 1 heterocycles. The van der Waals surface area contributed by atoms with Crippen molar-refractivity contribution >= 4 is 31.9 Å². The zero-order valence-corrected chi connectivity index (χ0v) is 13.0. The van der Waals surface area contributed by atoms with Gasteiger partial charge in [0.2, 0.25) is 0 Å². The largest absolute Gasteiger partial charge is 0.416 e. The maximum atomic E-state index is 12.6. The van der Waals surface area contributed by atoms with Crippen molar-refractivity contribution in [3.8, 4) is 0 Å². The Morgan fingerprint density at radius 1 is 1.25 bits per heavy atom. The lowest BCUT2D eigenvalue weighted by atomic mass is 10.1. The first-order chi connectivity index (χ1) is 9.29. The number of rotatable bonds is 2. The lowest BCUT2D eigenvalue weighted by molar-refractivity contribution is -0.137. The molecule has 0 N–H and O–H groups in total. The quantitative estimate of drug-likeness (QED) is 0.752. The van der Waals surface area contributed by atoms with Crippen molar-refractivity contribution in [3.63, 3.8) is 0 Å². The molecule has 0 saturated heterocycles. The van der Waals surface area contributed by atoms with E-state index in [9.17, 15) is 18.0 Å². The number of hydrogen-bond acceptors (Lipinski definition) is 2. The molecule has 0 amide bonds. The van der Waals surface area contributed by atoms with Crippen LogP contribution in [-0.4, -0.2) is 9.78 Å². The first-order valence-corrected chi connectivity index (χ1v) is 6.95. The Morgan fingerprint density at radius 2 is 1.95 bits per heavy atom. The van der Waals surface area contributed by atoms with Gasteiger partial charge in [-0.15, -0.1) is 0 Å². The van der Waals surface area contributed by atoms with E-state index in [1.807, 2.05) is 0 Å². The van der Waals surface area contributed by atoms with Gasteiger partial charge in [0.05, 0.1) is 22.8 Å². The van der Waals surface area contributed by atoms with Crippen LogP contribution in [-0.2, 0) is 12.7 Å². The first kappa shape index (κ1) is 15.2. The highest BCUT2D eigenvalue weighted by Gasteiger charge is 2.30. The highest BCUT2D eigenvalue weighted by atomic mass is 79.9. The molecule has 2 aromatic rings. The van der Waals surface area contributed by atoms with Gasteiger partial charge in [-0.1, -0.05) is 12.1 Å². The van der Waals surface area contributed by atoms with E-state index in [0.29, 0.717) is 10.0 Å². The van der Waals surface area contributed by atoms with Gasteiger partial charge in [0.15, 0.2) is 0 Å². The van der Waals surface area contributed by atoms with Gasteiger partial charge in [0, 0.05) is 0 Å². The number of benzene rings is 1. The highest BCUT2D eigenvalue weighted by molar-refractivity contribution is 9.13.